The first kappa shape index (κ1) is 105. The maximum Gasteiger partial charge on any atom is 0.472 e. The predicted molar refractivity (Wildman–Crippen MR) is 441 cm³/mol. The summed E-state index contributed by atoms with van der Waals surface area (Å²) in [5.41, 5.74) is 0. The number of esters is 4. The molecule has 0 saturated heterocycles. The van der Waals surface area contributed by atoms with Gasteiger partial charge in [-0.1, -0.05) is 393 Å². The molecule has 0 aromatic heterocycles. The second kappa shape index (κ2) is 78.8. The van der Waals surface area contributed by atoms with Crippen molar-refractivity contribution in [2.45, 2.75) is 464 Å². The highest BCUT2D eigenvalue weighted by atomic mass is 31.2. The van der Waals surface area contributed by atoms with Crippen molar-refractivity contribution in [1.29, 1.82) is 0 Å². The third-order valence-corrected chi connectivity index (χ3v) is 22.0. The van der Waals surface area contributed by atoms with Crippen LogP contribution in [0.25, 0.3) is 0 Å². The lowest BCUT2D eigenvalue weighted by atomic mass is 10.0. The number of rotatable bonds is 85. The van der Waals surface area contributed by atoms with E-state index in [1.165, 1.54) is 244 Å². The van der Waals surface area contributed by atoms with Gasteiger partial charge < -0.3 is 33.8 Å². The third-order valence-electron chi connectivity index (χ3n) is 20.1. The molecule has 107 heavy (non-hydrogen) atoms. The highest BCUT2D eigenvalue weighted by Gasteiger charge is 2.30. The van der Waals surface area contributed by atoms with E-state index in [0.29, 0.717) is 31.6 Å². The second-order valence-electron chi connectivity index (χ2n) is 31.9. The summed E-state index contributed by atoms with van der Waals surface area (Å²) in [6, 6.07) is 0. The highest BCUT2D eigenvalue weighted by Crippen LogP contribution is 2.45. The van der Waals surface area contributed by atoms with E-state index in [1.807, 2.05) is 0 Å². The maximum atomic E-state index is 13.2. The molecule has 3 N–H and O–H groups in total. The number of carbonyl (C=O) groups excluding carboxylic acids is 4. The molecule has 0 bridgehead atoms. The number of carbonyl (C=O) groups is 4. The van der Waals surface area contributed by atoms with Crippen molar-refractivity contribution in [3.8, 4) is 0 Å². The van der Waals surface area contributed by atoms with Crippen LogP contribution in [0.4, 0.5) is 0 Å². The van der Waals surface area contributed by atoms with Crippen LogP contribution in [0, 0.1) is 11.8 Å². The number of aliphatic hydroxyl groups is 1. The number of ether oxygens (including phenoxy) is 4. The van der Waals surface area contributed by atoms with Crippen LogP contribution < -0.4 is 0 Å². The van der Waals surface area contributed by atoms with E-state index in [-0.39, 0.29) is 25.7 Å². The molecule has 0 heterocycles. The summed E-state index contributed by atoms with van der Waals surface area (Å²) in [5, 5.41) is 10.7. The zero-order valence-corrected chi connectivity index (χ0v) is 71.7. The van der Waals surface area contributed by atoms with Crippen molar-refractivity contribution in [3.63, 3.8) is 0 Å². The molecule has 2 unspecified atom stereocenters. The Morgan fingerprint density at radius 2 is 0.505 bits per heavy atom. The lowest BCUT2D eigenvalue weighted by molar-refractivity contribution is -0.161. The van der Waals surface area contributed by atoms with E-state index in [2.05, 4.69) is 65.8 Å². The van der Waals surface area contributed by atoms with Crippen LogP contribution in [-0.2, 0) is 65.4 Å². The first-order chi connectivity index (χ1) is 51.9. The van der Waals surface area contributed by atoms with Crippen molar-refractivity contribution in [1.82, 2.24) is 0 Å². The van der Waals surface area contributed by atoms with E-state index in [4.69, 9.17) is 37.0 Å². The molecule has 0 aliphatic rings. The summed E-state index contributed by atoms with van der Waals surface area (Å²) < 4.78 is 68.9. The Kier molecular flexibility index (Phi) is 77.0. The number of phosphoric ester groups is 2. The minimum Gasteiger partial charge on any atom is -0.462 e. The topological polar surface area (TPSA) is 237 Å². The highest BCUT2D eigenvalue weighted by molar-refractivity contribution is 7.47. The standard InChI is InChI=1S/C88H168O17P2/c1-7-9-11-13-15-17-19-21-23-24-25-26-27-31-35-38-42-46-52-58-64-70-85(90)98-76-83(104-87(92)73-67-61-54-48-44-40-36-32-29-28-30-34-37-41-45-50-56-62-68-80(3)4)78-102-106(94,95)100-74-82(89)75-101-107(96,97)103-79-84(77-99-86(91)71-65-59-55-49-51-57-63-69-81(5)6)105-88(93)72-66-60-53-47-43-39-33-22-20-18-16-14-12-10-8-2/h18,20,22,33,80-84,89H,7-17,19,21,23-32,34-79H2,1-6H3,(H,94,95)(H,96,97)/b20-18-,33-22-/t82-,83-,84-/m1/s1. The molecule has 0 amide bonds. The quantitative estimate of drug-likeness (QED) is 0.0169. The SMILES string of the molecule is CCCCCC/C=C\C=C/CCCCCCCC(=O)O[C@H](COC(=O)CCCCCCCCCC(C)C)COP(=O)(O)OC[C@H](O)COP(=O)(O)OC[C@@H](COC(=O)CCCCCCCCCCCCCCCCCCCCCCC)OC(=O)CCCCCCCCCCCCCCCCCCCCC(C)C. The molecule has 632 valence electrons. The molecule has 5 atom stereocenters. The molecular weight excluding hydrogens is 1390 g/mol. The summed E-state index contributed by atoms with van der Waals surface area (Å²) in [6.45, 7) is 9.58. The monoisotopic (exact) mass is 1560 g/mol. The van der Waals surface area contributed by atoms with Gasteiger partial charge in [0.2, 0.25) is 0 Å². The number of unbranched alkanes of at least 4 members (excludes halogenated alkanes) is 52. The summed E-state index contributed by atoms with van der Waals surface area (Å²) in [7, 11) is -9.94. The van der Waals surface area contributed by atoms with Crippen LogP contribution in [0.2, 0.25) is 0 Å². The summed E-state index contributed by atoms with van der Waals surface area (Å²) in [5.74, 6) is -0.612. The van der Waals surface area contributed by atoms with E-state index in [0.717, 1.165) is 115 Å². The lowest BCUT2D eigenvalue weighted by Crippen LogP contribution is -2.30. The van der Waals surface area contributed by atoms with Crippen LogP contribution in [0.15, 0.2) is 24.3 Å². The number of hydrogen-bond donors (Lipinski definition) is 3. The Labute approximate surface area is 656 Å². The molecule has 0 aromatic carbocycles. The summed E-state index contributed by atoms with van der Waals surface area (Å²) in [4.78, 5) is 73.2. The van der Waals surface area contributed by atoms with Gasteiger partial charge in [-0.25, -0.2) is 9.13 Å². The first-order valence-corrected chi connectivity index (χ1v) is 47.8. The van der Waals surface area contributed by atoms with Gasteiger partial charge in [-0.3, -0.25) is 37.3 Å². The van der Waals surface area contributed by atoms with Gasteiger partial charge >= 0.3 is 39.5 Å². The molecular formula is C88H168O17P2. The van der Waals surface area contributed by atoms with Gasteiger partial charge in [0.25, 0.3) is 0 Å². The van der Waals surface area contributed by atoms with Gasteiger partial charge in [-0.2, -0.15) is 0 Å². The van der Waals surface area contributed by atoms with Gasteiger partial charge in [0.1, 0.15) is 19.3 Å². The minimum atomic E-state index is -4.97. The van der Waals surface area contributed by atoms with Gasteiger partial charge in [-0.05, 0) is 63.2 Å². The molecule has 0 fully saturated rings. The maximum absolute atomic E-state index is 13.2. The van der Waals surface area contributed by atoms with Crippen molar-refractivity contribution in [2.75, 3.05) is 39.6 Å². The fourth-order valence-electron chi connectivity index (χ4n) is 13.2. The van der Waals surface area contributed by atoms with E-state index in [9.17, 15) is 43.2 Å². The Balaban J connectivity index is 5.24. The zero-order valence-electron chi connectivity index (χ0n) is 69.9. The number of hydrogen-bond acceptors (Lipinski definition) is 15. The fraction of sp³-hybridized carbons (Fsp3) is 0.909. The molecule has 0 radical (unpaired) electrons. The second-order valence-corrected chi connectivity index (χ2v) is 34.8. The van der Waals surface area contributed by atoms with Gasteiger partial charge in [0.05, 0.1) is 26.4 Å². The van der Waals surface area contributed by atoms with Crippen LogP contribution in [0.1, 0.15) is 446 Å². The van der Waals surface area contributed by atoms with E-state index >= 15 is 0 Å². The Morgan fingerprint density at radius 1 is 0.290 bits per heavy atom. The number of aliphatic hydroxyl groups excluding tert-OH is 1. The van der Waals surface area contributed by atoms with Crippen LogP contribution in [0.3, 0.4) is 0 Å². The van der Waals surface area contributed by atoms with Crippen LogP contribution >= 0.6 is 15.6 Å². The van der Waals surface area contributed by atoms with Crippen molar-refractivity contribution in [2.24, 2.45) is 11.8 Å². The minimum absolute atomic E-state index is 0.0846. The van der Waals surface area contributed by atoms with Crippen molar-refractivity contribution < 1.29 is 80.2 Å². The largest absolute Gasteiger partial charge is 0.472 e. The number of phosphoric acid groups is 2. The molecule has 0 saturated carbocycles. The average Bonchev–Trinajstić information content (AvgIpc) is 0.901. The first-order valence-electron chi connectivity index (χ1n) is 44.8. The molecule has 17 nitrogen and oxygen atoms in total. The van der Waals surface area contributed by atoms with Crippen LogP contribution in [-0.4, -0.2) is 96.7 Å². The molecule has 0 aliphatic carbocycles. The van der Waals surface area contributed by atoms with E-state index in [1.54, 1.807) is 0 Å². The van der Waals surface area contributed by atoms with Crippen LogP contribution in [0.5, 0.6) is 0 Å². The van der Waals surface area contributed by atoms with Crippen molar-refractivity contribution in [3.05, 3.63) is 24.3 Å². The average molecular weight is 1560 g/mol. The smallest absolute Gasteiger partial charge is 0.462 e. The van der Waals surface area contributed by atoms with E-state index < -0.39 is 97.5 Å². The predicted octanol–water partition coefficient (Wildman–Crippen LogP) is 26.6. The molecule has 0 aliphatic heterocycles. The summed E-state index contributed by atoms with van der Waals surface area (Å²) in [6.07, 6.45) is 74.7. The Morgan fingerprint density at radius 3 is 0.766 bits per heavy atom. The molecule has 19 heteroatoms. The normalized spacial score (nSPS) is 13.9. The third kappa shape index (κ3) is 81.4. The summed E-state index contributed by atoms with van der Waals surface area (Å²) >= 11 is 0. The van der Waals surface area contributed by atoms with Gasteiger partial charge in [-0.15, -0.1) is 0 Å². The Bertz CT molecular complexity index is 2140. The zero-order chi connectivity index (χ0) is 78.5. The Hall–Kier alpha value is -2.46. The molecule has 0 spiro atoms. The molecule has 0 rings (SSSR count). The molecule has 0 aromatic rings. The van der Waals surface area contributed by atoms with Gasteiger partial charge in [0.15, 0.2) is 12.2 Å². The number of allylic oxidation sites excluding steroid dienone is 4. The van der Waals surface area contributed by atoms with Crippen molar-refractivity contribution >= 4 is 39.5 Å². The van der Waals surface area contributed by atoms with Gasteiger partial charge in [0, 0.05) is 25.7 Å². The fourth-order valence-corrected chi connectivity index (χ4v) is 14.8. The lowest BCUT2D eigenvalue weighted by Gasteiger charge is -2.21.